The van der Waals surface area contributed by atoms with E-state index >= 15 is 0 Å². The summed E-state index contributed by atoms with van der Waals surface area (Å²) >= 11 is 1.40. The van der Waals surface area contributed by atoms with Crippen molar-refractivity contribution in [3.8, 4) is 5.75 Å². The van der Waals surface area contributed by atoms with Gasteiger partial charge in [0, 0.05) is 4.90 Å². The highest BCUT2D eigenvalue weighted by molar-refractivity contribution is 8.00. The van der Waals surface area contributed by atoms with Crippen LogP contribution in [-0.4, -0.2) is 30.8 Å². The molecule has 1 atom stereocenters. The fourth-order valence-electron chi connectivity index (χ4n) is 2.36. The van der Waals surface area contributed by atoms with Crippen LogP contribution >= 0.6 is 11.8 Å². The molecule has 0 bridgehead atoms. The summed E-state index contributed by atoms with van der Waals surface area (Å²) in [6.07, 6.45) is -0.896. The third-order valence-corrected chi connectivity index (χ3v) is 4.87. The Bertz CT molecular complexity index is 791. The first-order valence-corrected chi connectivity index (χ1v) is 9.22. The standard InChI is InChI=1S/C20H23NO4S/c1-13-9-10-18(14(2)11-13)26-12-19(22)25-15(3)20(23)21-16-7-5-6-8-17(16)24-4/h5-11,15H,12H2,1-4H3,(H,21,23)/t15-/m1/s1. The number of anilines is 1. The second kappa shape index (κ2) is 9.29. The van der Waals surface area contributed by atoms with Gasteiger partial charge in [-0.3, -0.25) is 9.59 Å². The molecule has 2 aromatic rings. The fraction of sp³-hybridized carbons (Fsp3) is 0.300. The number of amides is 1. The van der Waals surface area contributed by atoms with Crippen molar-refractivity contribution in [2.45, 2.75) is 31.8 Å². The number of hydrogen-bond donors (Lipinski definition) is 1. The van der Waals surface area contributed by atoms with Crippen molar-refractivity contribution in [2.24, 2.45) is 0 Å². The van der Waals surface area contributed by atoms with Crippen molar-refractivity contribution in [2.75, 3.05) is 18.2 Å². The average molecular weight is 373 g/mol. The van der Waals surface area contributed by atoms with Crippen LogP contribution in [0.5, 0.6) is 5.75 Å². The van der Waals surface area contributed by atoms with Crippen LogP contribution in [0.25, 0.3) is 0 Å². The van der Waals surface area contributed by atoms with Crippen LogP contribution in [-0.2, 0) is 14.3 Å². The SMILES string of the molecule is COc1ccccc1NC(=O)[C@@H](C)OC(=O)CSc1ccc(C)cc1C. The number of benzene rings is 2. The Morgan fingerprint density at radius 3 is 2.58 bits per heavy atom. The highest BCUT2D eigenvalue weighted by Gasteiger charge is 2.19. The van der Waals surface area contributed by atoms with Gasteiger partial charge in [-0.05, 0) is 44.5 Å². The predicted molar refractivity (Wildman–Crippen MR) is 104 cm³/mol. The lowest BCUT2D eigenvalue weighted by Gasteiger charge is -2.15. The van der Waals surface area contributed by atoms with Gasteiger partial charge in [0.15, 0.2) is 6.10 Å². The number of carbonyl (C=O) groups is 2. The number of rotatable bonds is 7. The molecule has 1 amide bonds. The Labute approximate surface area is 158 Å². The van der Waals surface area contributed by atoms with Gasteiger partial charge in [0.1, 0.15) is 5.75 Å². The summed E-state index contributed by atoms with van der Waals surface area (Å²) in [6, 6.07) is 13.1. The first-order valence-electron chi connectivity index (χ1n) is 8.24. The van der Waals surface area contributed by atoms with Gasteiger partial charge >= 0.3 is 5.97 Å². The molecule has 0 aliphatic rings. The van der Waals surface area contributed by atoms with E-state index in [1.54, 1.807) is 25.1 Å². The van der Waals surface area contributed by atoms with Gasteiger partial charge in [0.25, 0.3) is 5.91 Å². The Morgan fingerprint density at radius 2 is 1.88 bits per heavy atom. The zero-order valence-electron chi connectivity index (χ0n) is 15.4. The summed E-state index contributed by atoms with van der Waals surface area (Å²) in [5, 5.41) is 2.71. The molecule has 0 saturated heterocycles. The topological polar surface area (TPSA) is 64.6 Å². The summed E-state index contributed by atoms with van der Waals surface area (Å²) in [4.78, 5) is 25.3. The van der Waals surface area contributed by atoms with Crippen molar-refractivity contribution < 1.29 is 19.1 Å². The third kappa shape index (κ3) is 5.52. The molecule has 0 aliphatic carbocycles. The van der Waals surface area contributed by atoms with Crippen LogP contribution in [0.4, 0.5) is 5.69 Å². The van der Waals surface area contributed by atoms with E-state index in [1.807, 2.05) is 32.0 Å². The van der Waals surface area contributed by atoms with E-state index in [0.29, 0.717) is 11.4 Å². The van der Waals surface area contributed by atoms with Crippen molar-refractivity contribution >= 4 is 29.3 Å². The Balaban J connectivity index is 1.86. The zero-order valence-corrected chi connectivity index (χ0v) is 16.2. The van der Waals surface area contributed by atoms with Crippen molar-refractivity contribution in [1.82, 2.24) is 0 Å². The van der Waals surface area contributed by atoms with Gasteiger partial charge in [0.05, 0.1) is 18.6 Å². The molecule has 0 saturated carbocycles. The van der Waals surface area contributed by atoms with Crippen molar-refractivity contribution in [1.29, 1.82) is 0 Å². The number of para-hydroxylation sites is 2. The Hall–Kier alpha value is -2.47. The second-order valence-electron chi connectivity index (χ2n) is 5.88. The summed E-state index contributed by atoms with van der Waals surface area (Å²) in [6.45, 7) is 5.58. The minimum Gasteiger partial charge on any atom is -0.495 e. The minimum atomic E-state index is -0.896. The zero-order chi connectivity index (χ0) is 19.1. The fourth-order valence-corrected chi connectivity index (χ4v) is 3.16. The van der Waals surface area contributed by atoms with E-state index in [4.69, 9.17) is 9.47 Å². The Morgan fingerprint density at radius 1 is 1.15 bits per heavy atom. The van der Waals surface area contributed by atoms with Crippen LogP contribution in [0.2, 0.25) is 0 Å². The molecular weight excluding hydrogens is 350 g/mol. The van der Waals surface area contributed by atoms with Crippen molar-refractivity contribution in [3.63, 3.8) is 0 Å². The predicted octanol–water partition coefficient (Wildman–Crippen LogP) is 3.97. The van der Waals surface area contributed by atoms with Crippen LogP contribution in [0, 0.1) is 13.8 Å². The van der Waals surface area contributed by atoms with E-state index in [0.717, 1.165) is 10.5 Å². The third-order valence-electron chi connectivity index (χ3n) is 3.72. The summed E-state index contributed by atoms with van der Waals surface area (Å²) in [7, 11) is 1.53. The van der Waals surface area contributed by atoms with Crippen LogP contribution in [0.15, 0.2) is 47.4 Å². The van der Waals surface area contributed by atoms with E-state index in [2.05, 4.69) is 11.4 Å². The van der Waals surface area contributed by atoms with Crippen LogP contribution < -0.4 is 10.1 Å². The summed E-state index contributed by atoms with van der Waals surface area (Å²) < 4.78 is 10.4. The number of methoxy groups -OCH3 is 1. The molecule has 0 spiro atoms. The van der Waals surface area contributed by atoms with Gasteiger partial charge in [-0.15, -0.1) is 11.8 Å². The molecule has 26 heavy (non-hydrogen) atoms. The van der Waals surface area contributed by atoms with Gasteiger partial charge in [-0.2, -0.15) is 0 Å². The molecule has 0 aromatic heterocycles. The molecule has 0 aliphatic heterocycles. The van der Waals surface area contributed by atoms with Crippen LogP contribution in [0.3, 0.4) is 0 Å². The minimum absolute atomic E-state index is 0.149. The summed E-state index contributed by atoms with van der Waals surface area (Å²) in [5.41, 5.74) is 2.83. The molecule has 138 valence electrons. The molecule has 0 heterocycles. The Kier molecular flexibility index (Phi) is 7.09. The maximum absolute atomic E-state index is 12.2. The van der Waals surface area contributed by atoms with Gasteiger partial charge in [0.2, 0.25) is 0 Å². The molecular formula is C20H23NO4S. The molecule has 5 nitrogen and oxygen atoms in total. The highest BCUT2D eigenvalue weighted by Crippen LogP contribution is 2.24. The maximum Gasteiger partial charge on any atom is 0.317 e. The summed E-state index contributed by atoms with van der Waals surface area (Å²) in [5.74, 6) is -0.141. The molecule has 0 radical (unpaired) electrons. The monoisotopic (exact) mass is 373 g/mol. The number of aryl methyl sites for hydroxylation is 2. The molecule has 2 rings (SSSR count). The number of ether oxygens (including phenoxy) is 2. The van der Waals surface area contributed by atoms with Gasteiger partial charge < -0.3 is 14.8 Å². The first-order chi connectivity index (χ1) is 12.4. The van der Waals surface area contributed by atoms with E-state index in [1.165, 1.54) is 24.4 Å². The maximum atomic E-state index is 12.2. The normalized spacial score (nSPS) is 11.5. The van der Waals surface area contributed by atoms with Gasteiger partial charge in [-0.1, -0.05) is 29.8 Å². The highest BCUT2D eigenvalue weighted by atomic mass is 32.2. The van der Waals surface area contributed by atoms with Crippen molar-refractivity contribution in [3.05, 3.63) is 53.6 Å². The average Bonchev–Trinajstić information content (AvgIpc) is 2.61. The number of hydrogen-bond acceptors (Lipinski definition) is 5. The molecule has 1 N–H and O–H groups in total. The lowest BCUT2D eigenvalue weighted by atomic mass is 10.2. The number of thioether (sulfide) groups is 1. The number of carbonyl (C=O) groups excluding carboxylic acids is 2. The molecule has 6 heteroatoms. The molecule has 2 aromatic carbocycles. The molecule has 0 fully saturated rings. The first kappa shape index (κ1) is 19.8. The largest absolute Gasteiger partial charge is 0.495 e. The number of esters is 1. The lowest BCUT2D eigenvalue weighted by Crippen LogP contribution is -2.30. The lowest BCUT2D eigenvalue weighted by molar-refractivity contribution is -0.150. The molecule has 0 unspecified atom stereocenters. The smallest absolute Gasteiger partial charge is 0.317 e. The van der Waals surface area contributed by atoms with E-state index in [-0.39, 0.29) is 5.75 Å². The quantitative estimate of drug-likeness (QED) is 0.588. The second-order valence-corrected chi connectivity index (χ2v) is 6.90. The van der Waals surface area contributed by atoms with Crippen LogP contribution in [0.1, 0.15) is 18.1 Å². The van der Waals surface area contributed by atoms with Gasteiger partial charge in [-0.25, -0.2) is 0 Å². The number of nitrogens with one attached hydrogen (secondary N) is 1. The van der Waals surface area contributed by atoms with E-state index < -0.39 is 18.0 Å². The van der Waals surface area contributed by atoms with E-state index in [9.17, 15) is 9.59 Å².